The number of hydrogen-bond acceptors (Lipinski definition) is 7. The molecule has 1 heterocycles. The molecule has 0 aliphatic rings. The van der Waals surface area contributed by atoms with Gasteiger partial charge in [-0.15, -0.1) is 0 Å². The quantitative estimate of drug-likeness (QED) is 0.186. The minimum Gasteiger partial charge on any atom is -0.464 e. The fourth-order valence-corrected chi connectivity index (χ4v) is 5.39. The van der Waals surface area contributed by atoms with Crippen molar-refractivity contribution >= 4 is 31.9 Å². The van der Waals surface area contributed by atoms with Crippen LogP contribution in [0.25, 0.3) is 0 Å². The van der Waals surface area contributed by atoms with Gasteiger partial charge in [-0.05, 0) is 13.3 Å². The van der Waals surface area contributed by atoms with E-state index in [2.05, 4.69) is 9.72 Å². The molecule has 1 unspecified atom stereocenters. The number of methoxy groups -OCH3 is 1. The predicted molar refractivity (Wildman–Crippen MR) is 92.8 cm³/mol. The van der Waals surface area contributed by atoms with E-state index in [9.17, 15) is 48.0 Å². The van der Waals surface area contributed by atoms with Gasteiger partial charge in [-0.1, -0.05) is 6.92 Å². The fourth-order valence-electron chi connectivity index (χ4n) is 2.52. The second-order valence-electron chi connectivity index (χ2n) is 6.29. The molecule has 1 atom stereocenters. The molecular formula is C14H19F6N3O7S2+2. The Morgan fingerprint density at radius 3 is 1.88 bits per heavy atom. The van der Waals surface area contributed by atoms with Crippen molar-refractivity contribution in [3.63, 3.8) is 0 Å². The number of ether oxygens (including phenoxy) is 2. The molecule has 32 heavy (non-hydrogen) atoms. The topological polar surface area (TPSA) is 126 Å². The van der Waals surface area contributed by atoms with Gasteiger partial charge >= 0.3 is 42.9 Å². The highest BCUT2D eigenvalue weighted by atomic mass is 32.3. The van der Waals surface area contributed by atoms with E-state index < -0.39 is 57.6 Å². The molecule has 0 radical (unpaired) electrons. The first-order valence-corrected chi connectivity index (χ1v) is 11.2. The summed E-state index contributed by atoms with van der Waals surface area (Å²) in [6.07, 6.45) is 2.41. The maximum absolute atomic E-state index is 13.3. The molecule has 1 aromatic heterocycles. The summed E-state index contributed by atoms with van der Waals surface area (Å²) in [6, 6.07) is 0. The summed E-state index contributed by atoms with van der Waals surface area (Å²) in [5.74, 6) is -4.17. The number of H-pyrrole nitrogens is 1. The summed E-state index contributed by atoms with van der Waals surface area (Å²) >= 11 is 0. The van der Waals surface area contributed by atoms with Gasteiger partial charge in [-0.25, -0.2) is 9.55 Å². The number of aryl methyl sites for hydroxylation is 1. The van der Waals surface area contributed by atoms with Crippen LogP contribution in [0.1, 0.15) is 26.1 Å². The first-order chi connectivity index (χ1) is 14.3. The van der Waals surface area contributed by atoms with Gasteiger partial charge < -0.3 is 9.47 Å². The zero-order valence-electron chi connectivity index (χ0n) is 16.9. The van der Waals surface area contributed by atoms with Gasteiger partial charge in [0.2, 0.25) is 0 Å². The summed E-state index contributed by atoms with van der Waals surface area (Å²) in [6.45, 7) is 1.77. The molecular weight excluding hydrogens is 500 g/mol. The Morgan fingerprint density at radius 2 is 1.56 bits per heavy atom. The highest BCUT2D eigenvalue weighted by Crippen LogP contribution is 2.35. The van der Waals surface area contributed by atoms with Crippen molar-refractivity contribution in [1.29, 1.82) is 0 Å². The van der Waals surface area contributed by atoms with E-state index in [4.69, 9.17) is 4.74 Å². The van der Waals surface area contributed by atoms with Crippen molar-refractivity contribution < 1.29 is 65.4 Å². The number of carbonyl (C=O) groups excluding carboxylic acids is 1. The molecule has 10 nitrogen and oxygen atoms in total. The fraction of sp³-hybridized carbons (Fsp3) is 0.643. The molecule has 0 amide bonds. The van der Waals surface area contributed by atoms with E-state index in [0.717, 1.165) is 17.0 Å². The zero-order chi connectivity index (χ0) is 25.3. The molecule has 0 aliphatic heterocycles. The number of aromatic nitrogens is 2. The van der Waals surface area contributed by atoms with Crippen LogP contribution in [0.4, 0.5) is 26.3 Å². The van der Waals surface area contributed by atoms with Crippen molar-refractivity contribution in [3.8, 4) is 0 Å². The highest BCUT2D eigenvalue weighted by Gasteiger charge is 2.72. The monoisotopic (exact) mass is 519 g/mol. The molecule has 0 saturated heterocycles. The SMILES string of the molecule is CCCOC(=O)C(C)(C(OC)=[N+](S(=O)(=O)C(F)(F)F)S(=O)(=O)C(F)(F)F)c1[nH]cc[n+]1C. The van der Waals surface area contributed by atoms with Crippen LogP contribution in [0.15, 0.2) is 12.4 Å². The van der Waals surface area contributed by atoms with Gasteiger partial charge in [0.15, 0.2) is 0 Å². The summed E-state index contributed by atoms with van der Waals surface area (Å²) in [7, 11) is -13.0. The van der Waals surface area contributed by atoms with Crippen molar-refractivity contribution in [3.05, 3.63) is 18.2 Å². The molecule has 0 aliphatic carbocycles. The number of alkyl halides is 6. The molecule has 0 fully saturated rings. The van der Waals surface area contributed by atoms with Crippen LogP contribution in [0.2, 0.25) is 0 Å². The van der Waals surface area contributed by atoms with Gasteiger partial charge in [0.25, 0.3) is 11.2 Å². The van der Waals surface area contributed by atoms with Crippen molar-refractivity contribution in [2.75, 3.05) is 13.7 Å². The third-order valence-corrected chi connectivity index (χ3v) is 7.55. The van der Waals surface area contributed by atoms with E-state index in [-0.39, 0.29) is 13.0 Å². The Bertz CT molecular complexity index is 1060. The van der Waals surface area contributed by atoms with E-state index in [0.29, 0.717) is 14.0 Å². The van der Waals surface area contributed by atoms with Crippen molar-refractivity contribution in [2.45, 2.75) is 36.7 Å². The summed E-state index contributed by atoms with van der Waals surface area (Å²) in [4.78, 5) is 15.1. The van der Waals surface area contributed by atoms with Crippen LogP contribution in [-0.4, -0.2) is 61.8 Å². The van der Waals surface area contributed by atoms with Crippen LogP contribution in [0.5, 0.6) is 0 Å². The maximum Gasteiger partial charge on any atom is 0.561 e. The number of nitrogens with zero attached hydrogens (tertiary/aromatic N) is 2. The van der Waals surface area contributed by atoms with E-state index >= 15 is 0 Å². The number of hydrogen-bond donors (Lipinski definition) is 1. The number of rotatable bonds is 7. The summed E-state index contributed by atoms with van der Waals surface area (Å²) in [5, 5.41) is 0. The van der Waals surface area contributed by atoms with E-state index in [1.54, 1.807) is 0 Å². The Balaban J connectivity index is 4.35. The van der Waals surface area contributed by atoms with Crippen molar-refractivity contribution in [1.82, 2.24) is 4.98 Å². The van der Waals surface area contributed by atoms with Crippen molar-refractivity contribution in [2.24, 2.45) is 7.05 Å². The van der Waals surface area contributed by atoms with Gasteiger partial charge in [-0.3, -0.25) is 4.79 Å². The minimum atomic E-state index is -7.30. The molecule has 1 N–H and O–H groups in total. The number of carbonyl (C=O) groups is 1. The predicted octanol–water partition coefficient (Wildman–Crippen LogP) is 0.807. The average Bonchev–Trinajstić information content (AvgIpc) is 3.07. The Kier molecular flexibility index (Phi) is 7.67. The number of sulfonamides is 2. The number of imidazole rings is 1. The lowest BCUT2D eigenvalue weighted by Gasteiger charge is -2.22. The Hall–Kier alpha value is -2.37. The van der Waals surface area contributed by atoms with Crippen LogP contribution < -0.4 is 4.57 Å². The molecule has 18 heteroatoms. The molecule has 184 valence electrons. The van der Waals surface area contributed by atoms with Crippen LogP contribution in [-0.2, 0) is 46.8 Å². The lowest BCUT2D eigenvalue weighted by molar-refractivity contribution is -0.680. The normalized spacial score (nSPS) is 15.1. The zero-order valence-corrected chi connectivity index (χ0v) is 18.5. The van der Waals surface area contributed by atoms with Crippen LogP contribution in [0.3, 0.4) is 0 Å². The second kappa shape index (κ2) is 8.87. The Morgan fingerprint density at radius 1 is 1.09 bits per heavy atom. The lowest BCUT2D eigenvalue weighted by atomic mass is 9.89. The number of aromatic amines is 1. The smallest absolute Gasteiger partial charge is 0.464 e. The largest absolute Gasteiger partial charge is 0.561 e. The minimum absolute atomic E-state index is 0.159. The van der Waals surface area contributed by atoms with Gasteiger partial charge in [0, 0.05) is 0 Å². The molecule has 1 rings (SSSR count). The lowest BCUT2D eigenvalue weighted by Crippen LogP contribution is -2.57. The molecule has 0 aromatic carbocycles. The standard InChI is InChI=1S/C14H18F6N3O7S2/c1-5-8-30-11(24)12(2,9-21-6-7-22(9)3)10(29-4)23(31(25,26)13(15,16)17)32(27,28)14(18,19)20/h6-7H,5,8H2,1-4H3/q+1/p+1. The van der Waals surface area contributed by atoms with Gasteiger partial charge in [0.1, 0.15) is 12.4 Å². The Labute approximate surface area is 178 Å². The molecule has 0 bridgehead atoms. The summed E-state index contributed by atoms with van der Waals surface area (Å²) in [5.41, 5.74) is -16.0. The third-order valence-electron chi connectivity index (χ3n) is 4.00. The molecule has 0 spiro atoms. The maximum atomic E-state index is 13.3. The number of esters is 1. The first kappa shape index (κ1) is 27.7. The second-order valence-corrected chi connectivity index (χ2v) is 10.1. The van der Waals surface area contributed by atoms with Gasteiger partial charge in [0.05, 0.1) is 24.2 Å². The summed E-state index contributed by atoms with van der Waals surface area (Å²) < 4.78 is 136. The third kappa shape index (κ3) is 4.55. The molecule has 0 saturated carbocycles. The van der Waals surface area contributed by atoms with E-state index in [1.165, 1.54) is 14.0 Å². The van der Waals surface area contributed by atoms with Crippen LogP contribution >= 0.6 is 0 Å². The van der Waals surface area contributed by atoms with Crippen LogP contribution in [0, 0.1) is 0 Å². The number of halogens is 6. The molecule has 1 aromatic rings. The van der Waals surface area contributed by atoms with E-state index in [1.807, 2.05) is 0 Å². The highest BCUT2D eigenvalue weighted by molar-refractivity contribution is 7.98. The van der Waals surface area contributed by atoms with Gasteiger partial charge in [-0.2, -0.15) is 43.2 Å². The first-order valence-electron chi connectivity index (χ1n) is 8.36. The number of nitrogens with one attached hydrogen (secondary N) is 1. The average molecular weight is 519 g/mol.